The van der Waals surface area contributed by atoms with Crippen molar-refractivity contribution in [2.45, 2.75) is 51.9 Å². The smallest absolute Gasteiger partial charge is 0.00391 e. The molecule has 0 spiro atoms. The van der Waals surface area contributed by atoms with Gasteiger partial charge in [0.2, 0.25) is 0 Å². The molecule has 104 valence electrons. The SMILES string of the molecule is CCC1(CN(CC2CC2)CC2CC2)CCNCC1. The summed E-state index contributed by atoms with van der Waals surface area (Å²) in [6.45, 7) is 9.11. The summed E-state index contributed by atoms with van der Waals surface area (Å²) in [5.74, 6) is 2.11. The van der Waals surface area contributed by atoms with Gasteiger partial charge in [-0.25, -0.2) is 0 Å². The third kappa shape index (κ3) is 3.48. The van der Waals surface area contributed by atoms with Crippen LogP contribution in [-0.4, -0.2) is 37.6 Å². The van der Waals surface area contributed by atoms with Crippen LogP contribution in [0.2, 0.25) is 0 Å². The van der Waals surface area contributed by atoms with Crippen molar-refractivity contribution in [2.24, 2.45) is 17.3 Å². The van der Waals surface area contributed by atoms with E-state index in [0.717, 1.165) is 11.8 Å². The van der Waals surface area contributed by atoms with Crippen LogP contribution < -0.4 is 5.32 Å². The first-order chi connectivity index (χ1) is 8.80. The van der Waals surface area contributed by atoms with E-state index in [1.165, 1.54) is 77.7 Å². The third-order valence-corrected chi connectivity index (χ3v) is 5.40. The van der Waals surface area contributed by atoms with Gasteiger partial charge in [-0.1, -0.05) is 6.92 Å². The van der Waals surface area contributed by atoms with Crippen LogP contribution >= 0.6 is 0 Å². The highest BCUT2D eigenvalue weighted by Gasteiger charge is 2.36. The molecule has 0 aromatic heterocycles. The van der Waals surface area contributed by atoms with Crippen LogP contribution in [0.5, 0.6) is 0 Å². The summed E-state index contributed by atoms with van der Waals surface area (Å²) in [7, 11) is 0. The average molecular weight is 250 g/mol. The lowest BCUT2D eigenvalue weighted by molar-refractivity contribution is 0.0998. The minimum Gasteiger partial charge on any atom is -0.317 e. The van der Waals surface area contributed by atoms with Gasteiger partial charge < -0.3 is 10.2 Å². The van der Waals surface area contributed by atoms with Crippen LogP contribution in [0.15, 0.2) is 0 Å². The number of hydrogen-bond acceptors (Lipinski definition) is 2. The van der Waals surface area contributed by atoms with E-state index >= 15 is 0 Å². The zero-order valence-corrected chi connectivity index (χ0v) is 12.1. The van der Waals surface area contributed by atoms with E-state index in [1.807, 2.05) is 0 Å². The Labute approximate surface area is 113 Å². The summed E-state index contributed by atoms with van der Waals surface area (Å²) in [6.07, 6.45) is 10.2. The molecule has 2 aliphatic carbocycles. The zero-order chi connectivity index (χ0) is 12.4. The van der Waals surface area contributed by atoms with Crippen molar-refractivity contribution in [1.82, 2.24) is 10.2 Å². The Bertz CT molecular complexity index is 248. The van der Waals surface area contributed by atoms with Gasteiger partial charge in [0, 0.05) is 19.6 Å². The topological polar surface area (TPSA) is 15.3 Å². The summed E-state index contributed by atoms with van der Waals surface area (Å²) in [4.78, 5) is 2.85. The second kappa shape index (κ2) is 5.50. The molecule has 0 radical (unpaired) electrons. The molecule has 0 aromatic rings. The summed E-state index contributed by atoms with van der Waals surface area (Å²) in [6, 6.07) is 0. The van der Waals surface area contributed by atoms with E-state index in [2.05, 4.69) is 17.1 Å². The molecule has 1 aliphatic heterocycles. The standard InChI is InChI=1S/C16H30N2/c1-2-16(7-9-17-10-8-16)13-18(11-14-3-4-14)12-15-5-6-15/h14-15,17H,2-13H2,1H3. The molecule has 2 nitrogen and oxygen atoms in total. The fourth-order valence-electron chi connectivity index (χ4n) is 3.59. The highest BCUT2D eigenvalue weighted by atomic mass is 15.1. The zero-order valence-electron chi connectivity index (χ0n) is 12.1. The largest absolute Gasteiger partial charge is 0.317 e. The molecule has 1 heterocycles. The van der Waals surface area contributed by atoms with Crippen LogP contribution in [0.4, 0.5) is 0 Å². The first-order valence-electron chi connectivity index (χ1n) is 8.23. The van der Waals surface area contributed by atoms with Crippen molar-refractivity contribution < 1.29 is 0 Å². The summed E-state index contributed by atoms with van der Waals surface area (Å²) in [5.41, 5.74) is 0.634. The Morgan fingerprint density at radius 3 is 2.00 bits per heavy atom. The third-order valence-electron chi connectivity index (χ3n) is 5.40. The predicted octanol–water partition coefficient (Wildman–Crippen LogP) is 2.89. The first-order valence-corrected chi connectivity index (χ1v) is 8.23. The average Bonchev–Trinajstić information content (AvgIpc) is 3.27. The number of nitrogens with zero attached hydrogens (tertiary/aromatic N) is 1. The second-order valence-corrected chi connectivity index (χ2v) is 7.18. The van der Waals surface area contributed by atoms with Crippen LogP contribution in [-0.2, 0) is 0 Å². The van der Waals surface area contributed by atoms with Crippen molar-refractivity contribution in [3.05, 3.63) is 0 Å². The van der Waals surface area contributed by atoms with Crippen molar-refractivity contribution in [2.75, 3.05) is 32.7 Å². The molecule has 0 aromatic carbocycles. The number of nitrogens with one attached hydrogen (secondary N) is 1. The molecule has 0 unspecified atom stereocenters. The normalized spacial score (nSPS) is 27.7. The van der Waals surface area contributed by atoms with Gasteiger partial charge in [0.1, 0.15) is 0 Å². The lowest BCUT2D eigenvalue weighted by Gasteiger charge is -2.41. The molecular weight excluding hydrogens is 220 g/mol. The summed E-state index contributed by atoms with van der Waals surface area (Å²) >= 11 is 0. The molecule has 0 atom stereocenters. The Morgan fingerprint density at radius 1 is 1.00 bits per heavy atom. The molecule has 18 heavy (non-hydrogen) atoms. The lowest BCUT2D eigenvalue weighted by Crippen LogP contribution is -2.45. The van der Waals surface area contributed by atoms with E-state index in [9.17, 15) is 0 Å². The number of piperidine rings is 1. The van der Waals surface area contributed by atoms with E-state index in [4.69, 9.17) is 0 Å². The molecule has 2 heteroatoms. The Kier molecular flexibility index (Phi) is 3.95. The van der Waals surface area contributed by atoms with Gasteiger partial charge in [-0.05, 0) is 75.3 Å². The Morgan fingerprint density at radius 2 is 1.56 bits per heavy atom. The van der Waals surface area contributed by atoms with E-state index in [-0.39, 0.29) is 0 Å². The molecule has 3 aliphatic rings. The van der Waals surface area contributed by atoms with Gasteiger partial charge in [-0.2, -0.15) is 0 Å². The summed E-state index contributed by atoms with van der Waals surface area (Å²) < 4.78 is 0. The van der Waals surface area contributed by atoms with Crippen LogP contribution in [0.3, 0.4) is 0 Å². The monoisotopic (exact) mass is 250 g/mol. The molecule has 1 saturated heterocycles. The fourth-order valence-corrected chi connectivity index (χ4v) is 3.59. The first kappa shape index (κ1) is 12.9. The fraction of sp³-hybridized carbons (Fsp3) is 1.00. The molecule has 1 N–H and O–H groups in total. The minimum absolute atomic E-state index is 0.634. The molecule has 3 rings (SSSR count). The van der Waals surface area contributed by atoms with Crippen molar-refractivity contribution in [3.8, 4) is 0 Å². The maximum Gasteiger partial charge on any atom is 0.00391 e. The van der Waals surface area contributed by atoms with Crippen LogP contribution in [0.1, 0.15) is 51.9 Å². The Balaban J connectivity index is 1.57. The summed E-state index contributed by atoms with van der Waals surface area (Å²) in [5, 5.41) is 3.53. The van der Waals surface area contributed by atoms with Gasteiger partial charge >= 0.3 is 0 Å². The van der Waals surface area contributed by atoms with Gasteiger partial charge in [-0.15, -0.1) is 0 Å². The van der Waals surface area contributed by atoms with Crippen molar-refractivity contribution in [1.29, 1.82) is 0 Å². The second-order valence-electron chi connectivity index (χ2n) is 7.18. The van der Waals surface area contributed by atoms with Crippen molar-refractivity contribution >= 4 is 0 Å². The lowest BCUT2D eigenvalue weighted by atomic mass is 9.76. The predicted molar refractivity (Wildman–Crippen MR) is 76.7 cm³/mol. The quantitative estimate of drug-likeness (QED) is 0.747. The number of rotatable bonds is 7. The molecule has 0 amide bonds. The van der Waals surface area contributed by atoms with Crippen molar-refractivity contribution in [3.63, 3.8) is 0 Å². The van der Waals surface area contributed by atoms with Gasteiger partial charge in [0.05, 0.1) is 0 Å². The molecule has 2 saturated carbocycles. The van der Waals surface area contributed by atoms with Gasteiger partial charge in [0.15, 0.2) is 0 Å². The van der Waals surface area contributed by atoms with E-state index < -0.39 is 0 Å². The van der Waals surface area contributed by atoms with Gasteiger partial charge in [0.25, 0.3) is 0 Å². The maximum absolute atomic E-state index is 3.53. The number of hydrogen-bond donors (Lipinski definition) is 1. The van der Waals surface area contributed by atoms with Crippen LogP contribution in [0.25, 0.3) is 0 Å². The highest BCUT2D eigenvalue weighted by Crippen LogP contribution is 2.38. The minimum atomic E-state index is 0.634. The van der Waals surface area contributed by atoms with Crippen LogP contribution in [0, 0.1) is 17.3 Å². The highest BCUT2D eigenvalue weighted by molar-refractivity contribution is 4.90. The maximum atomic E-state index is 3.53. The molecule has 3 fully saturated rings. The van der Waals surface area contributed by atoms with E-state index in [0.29, 0.717) is 5.41 Å². The molecule has 0 bridgehead atoms. The van der Waals surface area contributed by atoms with Gasteiger partial charge in [-0.3, -0.25) is 0 Å². The van der Waals surface area contributed by atoms with E-state index in [1.54, 1.807) is 0 Å². The molecular formula is C16H30N2. The Hall–Kier alpha value is -0.0800.